The third-order valence-corrected chi connectivity index (χ3v) is 6.00. The first-order valence-electron chi connectivity index (χ1n) is 9.46. The van der Waals surface area contributed by atoms with Crippen LogP contribution in [0.25, 0.3) is 0 Å². The highest BCUT2D eigenvalue weighted by atomic mass is 35.5. The molecule has 2 aromatic carbocycles. The zero-order valence-electron chi connectivity index (χ0n) is 15.9. The monoisotopic (exact) mass is 398 g/mol. The quantitative estimate of drug-likeness (QED) is 0.840. The highest BCUT2D eigenvalue weighted by molar-refractivity contribution is 6.33. The number of methoxy groups -OCH3 is 1. The Kier molecular flexibility index (Phi) is 5.13. The van der Waals surface area contributed by atoms with Crippen molar-refractivity contribution in [2.24, 2.45) is 5.92 Å². The van der Waals surface area contributed by atoms with Gasteiger partial charge in [0.05, 0.1) is 22.7 Å². The number of piperidine rings is 1. The Morgan fingerprint density at radius 1 is 1.21 bits per heavy atom. The van der Waals surface area contributed by atoms with Crippen molar-refractivity contribution < 1.29 is 14.3 Å². The van der Waals surface area contributed by atoms with Gasteiger partial charge in [-0.05, 0) is 36.6 Å². The van der Waals surface area contributed by atoms with Gasteiger partial charge in [-0.1, -0.05) is 48.0 Å². The summed E-state index contributed by atoms with van der Waals surface area (Å²) in [5.41, 5.74) is 2.35. The van der Waals surface area contributed by atoms with E-state index < -0.39 is 6.10 Å². The topological polar surface area (TPSA) is 58.6 Å². The number of carbonyl (C=O) groups is 2. The van der Waals surface area contributed by atoms with Crippen molar-refractivity contribution >= 4 is 23.4 Å². The molecule has 0 radical (unpaired) electrons. The van der Waals surface area contributed by atoms with E-state index in [1.54, 1.807) is 12.1 Å². The van der Waals surface area contributed by atoms with Crippen molar-refractivity contribution in [2.75, 3.05) is 13.7 Å². The van der Waals surface area contributed by atoms with Crippen molar-refractivity contribution in [3.05, 3.63) is 70.2 Å². The van der Waals surface area contributed by atoms with Gasteiger partial charge in [-0.2, -0.15) is 0 Å². The maximum Gasteiger partial charge on any atom is 0.255 e. The summed E-state index contributed by atoms with van der Waals surface area (Å²) >= 11 is 6.28. The fourth-order valence-corrected chi connectivity index (χ4v) is 4.52. The van der Waals surface area contributed by atoms with E-state index in [9.17, 15) is 9.59 Å². The Balaban J connectivity index is 1.44. The number of fused-ring (bicyclic) bond motifs is 1. The second kappa shape index (κ2) is 7.57. The largest absolute Gasteiger partial charge is 0.367 e. The first kappa shape index (κ1) is 19.0. The minimum absolute atomic E-state index is 0.0297. The number of nitrogens with zero attached hydrogens (tertiary/aromatic N) is 1. The molecular formula is C22H23ClN2O3. The Morgan fingerprint density at radius 3 is 2.64 bits per heavy atom. The number of amides is 2. The van der Waals surface area contributed by atoms with E-state index in [4.69, 9.17) is 16.3 Å². The first-order chi connectivity index (χ1) is 13.5. The Bertz CT molecular complexity index is 902. The molecule has 6 heteroatoms. The number of halogens is 1. The molecule has 1 heterocycles. The summed E-state index contributed by atoms with van der Waals surface area (Å²) < 4.78 is 5.41. The van der Waals surface area contributed by atoms with E-state index >= 15 is 0 Å². The van der Waals surface area contributed by atoms with Crippen LogP contribution in [0.1, 0.15) is 34.0 Å². The summed E-state index contributed by atoms with van der Waals surface area (Å²) in [5.74, 6) is 0.0554. The fourth-order valence-electron chi connectivity index (χ4n) is 4.21. The van der Waals surface area contributed by atoms with Crippen LogP contribution in [0.2, 0.25) is 5.02 Å². The zero-order valence-corrected chi connectivity index (χ0v) is 16.6. The summed E-state index contributed by atoms with van der Waals surface area (Å²) in [5, 5.41) is 3.55. The molecule has 2 aliphatic rings. The highest BCUT2D eigenvalue weighted by Gasteiger charge is 2.59. The number of likely N-dealkylation sites (tertiary alicyclic amines) is 1. The lowest BCUT2D eigenvalue weighted by Gasteiger charge is -2.22. The second-order valence-electron chi connectivity index (χ2n) is 7.49. The molecule has 1 unspecified atom stereocenters. The van der Waals surface area contributed by atoms with Gasteiger partial charge in [0, 0.05) is 19.6 Å². The summed E-state index contributed by atoms with van der Waals surface area (Å²) in [6.45, 7) is 2.63. The van der Waals surface area contributed by atoms with Gasteiger partial charge in [-0.25, -0.2) is 0 Å². The minimum Gasteiger partial charge on any atom is -0.367 e. The normalized spacial score (nSPS) is 23.8. The number of rotatable bonds is 5. The molecule has 5 nitrogen and oxygen atoms in total. The van der Waals surface area contributed by atoms with Crippen LogP contribution in [0.4, 0.5) is 0 Å². The van der Waals surface area contributed by atoms with Gasteiger partial charge in [0.1, 0.15) is 0 Å². The van der Waals surface area contributed by atoms with E-state index in [1.807, 2.05) is 48.2 Å². The summed E-state index contributed by atoms with van der Waals surface area (Å²) in [6, 6.07) is 14.9. The van der Waals surface area contributed by atoms with Gasteiger partial charge < -0.3 is 15.0 Å². The molecule has 1 aliphatic carbocycles. The van der Waals surface area contributed by atoms with E-state index in [1.165, 1.54) is 7.11 Å². The number of benzene rings is 2. The second-order valence-corrected chi connectivity index (χ2v) is 7.89. The molecule has 1 N–H and O–H groups in total. The van der Waals surface area contributed by atoms with Gasteiger partial charge in [0.15, 0.2) is 6.10 Å². The van der Waals surface area contributed by atoms with Crippen molar-refractivity contribution in [2.45, 2.75) is 31.5 Å². The average molecular weight is 399 g/mol. The van der Waals surface area contributed by atoms with Gasteiger partial charge in [-0.15, -0.1) is 0 Å². The molecule has 0 spiro atoms. The Morgan fingerprint density at radius 2 is 1.96 bits per heavy atom. The average Bonchev–Trinajstić information content (AvgIpc) is 3.15. The zero-order chi connectivity index (χ0) is 19.8. The molecule has 2 amide bonds. The standard InChI is InChI=1S/C22H23ClN2O3/c1-13-8-9-15(17(23)12-13)22(27)25-11-10-16-18(19(16)25)24-21(26)20(28-2)14-6-4-3-5-7-14/h3-9,12,16,18-20H,10-11H2,1-2H3,(H,24,26)/t16-,18-,19-,20?/m1/s1. The molecule has 1 saturated heterocycles. The molecular weight excluding hydrogens is 376 g/mol. The van der Waals surface area contributed by atoms with E-state index in [0.29, 0.717) is 23.0 Å². The molecule has 0 bridgehead atoms. The Hall–Kier alpha value is -2.37. The lowest BCUT2D eigenvalue weighted by atomic mass is 10.1. The number of hydrogen-bond acceptors (Lipinski definition) is 3. The van der Waals surface area contributed by atoms with Crippen LogP contribution in [0.5, 0.6) is 0 Å². The lowest BCUT2D eigenvalue weighted by Crippen LogP contribution is -2.40. The predicted octanol–water partition coefficient (Wildman–Crippen LogP) is 3.37. The van der Waals surface area contributed by atoms with Crippen LogP contribution in [0.15, 0.2) is 48.5 Å². The van der Waals surface area contributed by atoms with Gasteiger partial charge >= 0.3 is 0 Å². The van der Waals surface area contributed by atoms with E-state index in [0.717, 1.165) is 17.5 Å². The van der Waals surface area contributed by atoms with Crippen molar-refractivity contribution in [3.63, 3.8) is 0 Å². The van der Waals surface area contributed by atoms with E-state index in [2.05, 4.69) is 5.32 Å². The molecule has 4 atom stereocenters. The maximum absolute atomic E-state index is 13.0. The molecule has 28 heavy (non-hydrogen) atoms. The van der Waals surface area contributed by atoms with Crippen LogP contribution in [0.3, 0.4) is 0 Å². The molecule has 2 aromatic rings. The number of nitrogens with one attached hydrogen (secondary N) is 1. The summed E-state index contributed by atoms with van der Waals surface area (Å²) in [7, 11) is 1.53. The predicted molar refractivity (Wildman–Crippen MR) is 107 cm³/mol. The molecule has 1 aliphatic heterocycles. The number of hydrogen-bond donors (Lipinski definition) is 1. The molecule has 1 saturated carbocycles. The van der Waals surface area contributed by atoms with E-state index in [-0.39, 0.29) is 23.9 Å². The van der Waals surface area contributed by atoms with Crippen LogP contribution in [-0.2, 0) is 9.53 Å². The molecule has 146 valence electrons. The SMILES string of the molecule is COC(C(=O)N[C@@H]1[C@H]2CCN(C(=O)c3ccc(C)cc3Cl)[C@H]21)c1ccccc1. The van der Waals surface area contributed by atoms with Gasteiger partial charge in [-0.3, -0.25) is 9.59 Å². The fraction of sp³-hybridized carbons (Fsp3) is 0.364. The summed E-state index contributed by atoms with van der Waals surface area (Å²) in [6.07, 6.45) is 0.228. The molecule has 0 aromatic heterocycles. The van der Waals surface area contributed by atoms with Crippen molar-refractivity contribution in [1.82, 2.24) is 10.2 Å². The third-order valence-electron chi connectivity index (χ3n) is 5.69. The van der Waals surface area contributed by atoms with Crippen LogP contribution in [0, 0.1) is 12.8 Å². The first-order valence-corrected chi connectivity index (χ1v) is 9.84. The number of carbonyl (C=O) groups excluding carboxylic acids is 2. The maximum atomic E-state index is 13.0. The smallest absolute Gasteiger partial charge is 0.255 e. The van der Waals surface area contributed by atoms with Crippen molar-refractivity contribution in [3.8, 4) is 0 Å². The summed E-state index contributed by atoms with van der Waals surface area (Å²) in [4.78, 5) is 27.5. The lowest BCUT2D eigenvalue weighted by molar-refractivity contribution is -0.131. The van der Waals surface area contributed by atoms with Crippen LogP contribution < -0.4 is 5.32 Å². The number of aryl methyl sites for hydroxylation is 1. The van der Waals surface area contributed by atoms with Crippen LogP contribution in [-0.4, -0.2) is 42.5 Å². The minimum atomic E-state index is -0.654. The number of ether oxygens (including phenoxy) is 1. The Labute approximate surface area is 169 Å². The van der Waals surface area contributed by atoms with Gasteiger partial charge in [0.25, 0.3) is 11.8 Å². The highest BCUT2D eigenvalue weighted by Crippen LogP contribution is 2.46. The van der Waals surface area contributed by atoms with Gasteiger partial charge in [0.2, 0.25) is 0 Å². The van der Waals surface area contributed by atoms with Crippen LogP contribution >= 0.6 is 11.6 Å². The molecule has 4 rings (SSSR count). The third kappa shape index (κ3) is 3.40. The molecule has 2 fully saturated rings. The van der Waals surface area contributed by atoms with Crippen molar-refractivity contribution in [1.29, 1.82) is 0 Å².